The first kappa shape index (κ1) is 14.1. The van der Waals surface area contributed by atoms with Crippen LogP contribution in [0.3, 0.4) is 0 Å². The van der Waals surface area contributed by atoms with Crippen LogP contribution in [0.5, 0.6) is 0 Å². The highest BCUT2D eigenvalue weighted by Gasteiger charge is 2.13. The van der Waals surface area contributed by atoms with Crippen LogP contribution in [0.1, 0.15) is 11.6 Å². The van der Waals surface area contributed by atoms with E-state index in [1.807, 2.05) is 0 Å². The van der Waals surface area contributed by atoms with Crippen molar-refractivity contribution in [3.63, 3.8) is 0 Å². The zero-order chi connectivity index (χ0) is 13.8. The highest BCUT2D eigenvalue weighted by molar-refractivity contribution is 6.33. The van der Waals surface area contributed by atoms with Crippen LogP contribution in [0.2, 0.25) is 10.0 Å². The Kier molecular flexibility index (Phi) is 4.64. The minimum atomic E-state index is -0.282. The third-order valence-electron chi connectivity index (χ3n) is 2.75. The summed E-state index contributed by atoms with van der Waals surface area (Å²) >= 11 is 12.1. The molecule has 2 nitrogen and oxygen atoms in total. The third kappa shape index (κ3) is 3.60. The molecule has 2 rings (SSSR count). The summed E-state index contributed by atoms with van der Waals surface area (Å²) in [5.41, 5.74) is 7.35. The second-order valence-electron chi connectivity index (χ2n) is 4.11. The Bertz CT molecular complexity index is 558. The molecule has 0 amide bonds. The second-order valence-corrected chi connectivity index (χ2v) is 4.95. The number of nitrogens with two attached hydrogens (primary N) is 1. The van der Waals surface area contributed by atoms with Crippen LogP contribution in [-0.4, -0.2) is 6.54 Å². The van der Waals surface area contributed by atoms with Gasteiger partial charge in [0.2, 0.25) is 0 Å². The monoisotopic (exact) mass is 298 g/mol. The van der Waals surface area contributed by atoms with Crippen molar-refractivity contribution in [2.75, 3.05) is 11.9 Å². The molecule has 0 saturated carbocycles. The Morgan fingerprint density at radius 1 is 1.11 bits per heavy atom. The van der Waals surface area contributed by atoms with Gasteiger partial charge < -0.3 is 11.1 Å². The summed E-state index contributed by atoms with van der Waals surface area (Å²) in [6, 6.07) is 11.1. The van der Waals surface area contributed by atoms with Crippen LogP contribution in [0, 0.1) is 5.82 Å². The molecule has 0 fully saturated rings. The molecule has 2 aromatic rings. The molecule has 100 valence electrons. The smallest absolute Gasteiger partial charge is 0.123 e. The summed E-state index contributed by atoms with van der Waals surface area (Å²) in [5.74, 6) is -0.282. The first-order chi connectivity index (χ1) is 9.10. The molecule has 0 heterocycles. The van der Waals surface area contributed by atoms with E-state index >= 15 is 0 Å². The van der Waals surface area contributed by atoms with E-state index in [2.05, 4.69) is 5.32 Å². The van der Waals surface area contributed by atoms with Gasteiger partial charge in [-0.25, -0.2) is 4.39 Å². The first-order valence-electron chi connectivity index (χ1n) is 5.77. The average molecular weight is 299 g/mol. The molecular formula is C14H13Cl2FN2. The molecule has 0 aliphatic carbocycles. The van der Waals surface area contributed by atoms with Gasteiger partial charge in [-0.05, 0) is 48.0 Å². The van der Waals surface area contributed by atoms with Crippen LogP contribution >= 0.6 is 23.2 Å². The fraction of sp³-hybridized carbons (Fsp3) is 0.143. The van der Waals surface area contributed by atoms with Crippen molar-refractivity contribution in [3.05, 3.63) is 63.9 Å². The molecule has 2 aromatic carbocycles. The number of halogens is 3. The lowest BCUT2D eigenvalue weighted by Crippen LogP contribution is -2.21. The van der Waals surface area contributed by atoms with Gasteiger partial charge in [-0.1, -0.05) is 23.2 Å². The van der Waals surface area contributed by atoms with Gasteiger partial charge in [0.15, 0.2) is 0 Å². The van der Waals surface area contributed by atoms with E-state index < -0.39 is 0 Å². The van der Waals surface area contributed by atoms with Gasteiger partial charge in [0.05, 0.1) is 6.04 Å². The quantitative estimate of drug-likeness (QED) is 0.886. The molecule has 1 unspecified atom stereocenters. The molecule has 1 atom stereocenters. The Balaban J connectivity index is 2.24. The van der Waals surface area contributed by atoms with Crippen molar-refractivity contribution in [2.24, 2.45) is 5.73 Å². The molecule has 0 aliphatic heterocycles. The zero-order valence-electron chi connectivity index (χ0n) is 10.0. The molecule has 0 bridgehead atoms. The van der Waals surface area contributed by atoms with E-state index in [1.54, 1.807) is 30.3 Å². The van der Waals surface area contributed by atoms with Crippen molar-refractivity contribution in [1.29, 1.82) is 0 Å². The third-order valence-corrected chi connectivity index (χ3v) is 3.33. The fourth-order valence-electron chi connectivity index (χ4n) is 1.79. The number of hydrogen-bond donors (Lipinski definition) is 2. The lowest BCUT2D eigenvalue weighted by molar-refractivity contribution is 0.628. The van der Waals surface area contributed by atoms with Gasteiger partial charge in [0, 0.05) is 22.3 Å². The highest BCUT2D eigenvalue weighted by Crippen LogP contribution is 2.28. The van der Waals surface area contributed by atoms with Gasteiger partial charge in [-0.15, -0.1) is 0 Å². The summed E-state index contributed by atoms with van der Waals surface area (Å²) in [6.07, 6.45) is 0. The van der Waals surface area contributed by atoms with Crippen molar-refractivity contribution in [3.8, 4) is 0 Å². The molecule has 0 radical (unpaired) electrons. The van der Waals surface area contributed by atoms with Gasteiger partial charge in [0.25, 0.3) is 0 Å². The van der Waals surface area contributed by atoms with Crippen LogP contribution in [0.25, 0.3) is 0 Å². The maximum atomic E-state index is 12.9. The van der Waals surface area contributed by atoms with Crippen molar-refractivity contribution < 1.29 is 4.39 Å². The van der Waals surface area contributed by atoms with Gasteiger partial charge in [-0.2, -0.15) is 0 Å². The topological polar surface area (TPSA) is 38.0 Å². The molecular weight excluding hydrogens is 286 g/mol. The first-order valence-corrected chi connectivity index (χ1v) is 6.53. The van der Waals surface area contributed by atoms with Gasteiger partial charge >= 0.3 is 0 Å². The summed E-state index contributed by atoms with van der Waals surface area (Å²) in [5, 5.41) is 4.39. The van der Waals surface area contributed by atoms with E-state index in [1.165, 1.54) is 12.1 Å². The average Bonchev–Trinajstić information content (AvgIpc) is 2.41. The van der Waals surface area contributed by atoms with Crippen LogP contribution in [0.4, 0.5) is 10.1 Å². The van der Waals surface area contributed by atoms with Crippen molar-refractivity contribution in [1.82, 2.24) is 0 Å². The predicted molar refractivity (Wildman–Crippen MR) is 78.3 cm³/mol. The minimum absolute atomic E-state index is 0.184. The Morgan fingerprint density at radius 3 is 2.42 bits per heavy atom. The Morgan fingerprint density at radius 2 is 1.79 bits per heavy atom. The zero-order valence-corrected chi connectivity index (χ0v) is 11.5. The van der Waals surface area contributed by atoms with Gasteiger partial charge in [0.1, 0.15) is 5.82 Å². The molecule has 0 aromatic heterocycles. The predicted octanol–water partition coefficient (Wildman–Crippen LogP) is 4.24. The summed E-state index contributed by atoms with van der Waals surface area (Å²) in [6.45, 7) is 0.345. The minimum Gasteiger partial charge on any atom is -0.377 e. The maximum absolute atomic E-state index is 12.9. The number of hydrogen-bond acceptors (Lipinski definition) is 2. The van der Waals surface area contributed by atoms with E-state index in [9.17, 15) is 4.39 Å². The Hall–Kier alpha value is -1.29. The molecule has 0 saturated heterocycles. The molecule has 0 spiro atoms. The molecule has 3 N–H and O–H groups in total. The van der Waals surface area contributed by atoms with Gasteiger partial charge in [-0.3, -0.25) is 0 Å². The van der Waals surface area contributed by atoms with Crippen molar-refractivity contribution >= 4 is 28.9 Å². The number of rotatable bonds is 4. The number of nitrogens with one attached hydrogen (secondary N) is 1. The molecule has 0 aliphatic rings. The summed E-state index contributed by atoms with van der Waals surface area (Å²) < 4.78 is 12.9. The standard InChI is InChI=1S/C14H13Cl2FN2/c15-9-1-6-13(16)12(7-9)14(8-18)19-11-4-2-10(17)3-5-11/h1-7,14,19H,8,18H2. The lowest BCUT2D eigenvalue weighted by Gasteiger charge is -2.20. The number of anilines is 1. The number of benzene rings is 2. The summed E-state index contributed by atoms with van der Waals surface area (Å²) in [7, 11) is 0. The van der Waals surface area contributed by atoms with Crippen LogP contribution in [0.15, 0.2) is 42.5 Å². The second kappa shape index (κ2) is 6.24. The Labute approximate surface area is 121 Å². The molecule has 5 heteroatoms. The van der Waals surface area contributed by atoms with Crippen LogP contribution in [-0.2, 0) is 0 Å². The maximum Gasteiger partial charge on any atom is 0.123 e. The normalized spacial score (nSPS) is 12.2. The largest absolute Gasteiger partial charge is 0.377 e. The highest BCUT2D eigenvalue weighted by atomic mass is 35.5. The lowest BCUT2D eigenvalue weighted by atomic mass is 10.1. The van der Waals surface area contributed by atoms with Crippen molar-refractivity contribution in [2.45, 2.75) is 6.04 Å². The summed E-state index contributed by atoms with van der Waals surface area (Å²) in [4.78, 5) is 0. The molecule has 19 heavy (non-hydrogen) atoms. The fourth-order valence-corrected chi connectivity index (χ4v) is 2.22. The van der Waals surface area contributed by atoms with E-state index in [0.717, 1.165) is 11.3 Å². The van der Waals surface area contributed by atoms with E-state index in [-0.39, 0.29) is 11.9 Å². The van der Waals surface area contributed by atoms with Crippen LogP contribution < -0.4 is 11.1 Å². The van der Waals surface area contributed by atoms with E-state index in [0.29, 0.717) is 16.6 Å². The van der Waals surface area contributed by atoms with E-state index in [4.69, 9.17) is 28.9 Å². The SMILES string of the molecule is NCC(Nc1ccc(F)cc1)c1cc(Cl)ccc1Cl.